The molecule has 0 spiro atoms. The van der Waals surface area contributed by atoms with Gasteiger partial charge in [-0.05, 0) is 23.9 Å². The summed E-state index contributed by atoms with van der Waals surface area (Å²) in [6, 6.07) is 3.28. The Morgan fingerprint density at radius 2 is 2.29 bits per heavy atom. The fourth-order valence-electron chi connectivity index (χ4n) is 1.27. The first kappa shape index (κ1) is 11.5. The third-order valence-corrected chi connectivity index (χ3v) is 2.89. The van der Waals surface area contributed by atoms with Gasteiger partial charge in [-0.1, -0.05) is 0 Å². The van der Waals surface area contributed by atoms with Gasteiger partial charge in [-0.25, -0.2) is 0 Å². The number of thioether (sulfide) groups is 1. The highest BCUT2D eigenvalue weighted by atomic mass is 32.2. The van der Waals surface area contributed by atoms with Gasteiger partial charge in [0.15, 0.2) is 0 Å². The maximum Gasteiger partial charge on any atom is 0.323 e. The minimum Gasteiger partial charge on any atom is -0.480 e. The third-order valence-electron chi connectivity index (χ3n) is 1.98. The van der Waals surface area contributed by atoms with Gasteiger partial charge in [0, 0.05) is 6.08 Å². The van der Waals surface area contributed by atoms with Gasteiger partial charge in [-0.3, -0.25) is 19.3 Å². The topological polar surface area (TPSA) is 87.8 Å². The molecule has 6 nitrogen and oxygen atoms in total. The molecule has 2 amide bonds. The lowest BCUT2D eigenvalue weighted by Gasteiger charge is -2.07. The van der Waals surface area contributed by atoms with Crippen molar-refractivity contribution in [1.82, 2.24) is 4.90 Å². The van der Waals surface area contributed by atoms with Crippen LogP contribution in [0.2, 0.25) is 0 Å². The Hall–Kier alpha value is -2.02. The fraction of sp³-hybridized carbons (Fsp3) is 0.100. The molecule has 2 heterocycles. The van der Waals surface area contributed by atoms with Crippen LogP contribution in [0.1, 0.15) is 5.76 Å². The molecule has 1 aliphatic heterocycles. The summed E-state index contributed by atoms with van der Waals surface area (Å²) in [5.74, 6) is -1.41. The van der Waals surface area contributed by atoms with E-state index in [4.69, 9.17) is 9.52 Å². The van der Waals surface area contributed by atoms with Gasteiger partial charge in [0.2, 0.25) is 0 Å². The van der Waals surface area contributed by atoms with Crippen LogP contribution in [-0.4, -0.2) is 33.7 Å². The lowest BCUT2D eigenvalue weighted by molar-refractivity contribution is -0.140. The zero-order valence-electron chi connectivity index (χ0n) is 8.45. The highest BCUT2D eigenvalue weighted by Crippen LogP contribution is 2.31. The quantitative estimate of drug-likeness (QED) is 0.819. The first-order chi connectivity index (χ1) is 8.08. The summed E-state index contributed by atoms with van der Waals surface area (Å²) in [7, 11) is 0. The van der Waals surface area contributed by atoms with Crippen molar-refractivity contribution in [2.45, 2.75) is 0 Å². The van der Waals surface area contributed by atoms with E-state index in [-0.39, 0.29) is 4.91 Å². The molecular weight excluding hydrogens is 246 g/mol. The van der Waals surface area contributed by atoms with E-state index >= 15 is 0 Å². The van der Waals surface area contributed by atoms with Crippen LogP contribution in [0.3, 0.4) is 0 Å². The molecule has 0 saturated carbocycles. The molecule has 0 atom stereocenters. The number of carboxylic acids is 1. The summed E-state index contributed by atoms with van der Waals surface area (Å²) in [4.78, 5) is 34.4. The van der Waals surface area contributed by atoms with E-state index in [1.54, 1.807) is 12.1 Å². The van der Waals surface area contributed by atoms with E-state index in [9.17, 15) is 14.4 Å². The second kappa shape index (κ2) is 4.46. The predicted octanol–water partition coefficient (Wildman–Crippen LogP) is 1.40. The largest absolute Gasteiger partial charge is 0.480 e. The van der Waals surface area contributed by atoms with E-state index in [1.807, 2.05) is 0 Å². The average Bonchev–Trinajstić information content (AvgIpc) is 2.83. The van der Waals surface area contributed by atoms with Crippen LogP contribution in [0.15, 0.2) is 27.7 Å². The predicted molar refractivity (Wildman–Crippen MR) is 59.0 cm³/mol. The number of amides is 2. The van der Waals surface area contributed by atoms with E-state index in [0.29, 0.717) is 22.4 Å². The summed E-state index contributed by atoms with van der Waals surface area (Å²) in [6.07, 6.45) is 2.85. The molecule has 7 heteroatoms. The van der Waals surface area contributed by atoms with Crippen LogP contribution in [0.5, 0.6) is 0 Å². The summed E-state index contributed by atoms with van der Waals surface area (Å²) in [6.45, 7) is -0.625. The van der Waals surface area contributed by atoms with E-state index in [1.165, 1.54) is 12.3 Å². The first-order valence-electron chi connectivity index (χ1n) is 4.58. The van der Waals surface area contributed by atoms with E-state index < -0.39 is 23.7 Å². The Morgan fingerprint density at radius 1 is 1.53 bits per heavy atom. The van der Waals surface area contributed by atoms with Crippen molar-refractivity contribution in [3.05, 3.63) is 29.1 Å². The van der Waals surface area contributed by atoms with Gasteiger partial charge < -0.3 is 9.52 Å². The van der Waals surface area contributed by atoms with Gasteiger partial charge in [0.05, 0.1) is 11.2 Å². The number of aliphatic carboxylic acids is 1. The summed E-state index contributed by atoms with van der Waals surface area (Å²) in [5, 5.41) is 7.97. The van der Waals surface area contributed by atoms with E-state index in [0.717, 1.165) is 0 Å². The van der Waals surface area contributed by atoms with Crippen molar-refractivity contribution >= 4 is 35.0 Å². The molecule has 0 aromatic carbocycles. The third kappa shape index (κ3) is 2.39. The van der Waals surface area contributed by atoms with Gasteiger partial charge in [-0.15, -0.1) is 0 Å². The normalized spacial score (nSPS) is 18.1. The molecule has 0 bridgehead atoms. The smallest absolute Gasteiger partial charge is 0.323 e. The monoisotopic (exact) mass is 253 g/mol. The fourth-order valence-corrected chi connectivity index (χ4v) is 2.09. The number of carboxylic acid groups (broad SMARTS) is 1. The van der Waals surface area contributed by atoms with Gasteiger partial charge in [0.1, 0.15) is 12.3 Å². The molecule has 1 saturated heterocycles. The molecule has 1 aliphatic rings. The number of carbonyl (C=O) groups excluding carboxylic acids is 2. The molecule has 1 aromatic rings. The number of furan rings is 1. The van der Waals surface area contributed by atoms with Gasteiger partial charge >= 0.3 is 5.97 Å². The second-order valence-electron chi connectivity index (χ2n) is 3.18. The SMILES string of the molecule is O=C(O)CN1C(=O)S/C(=C/c2ccco2)C1=O. The second-order valence-corrected chi connectivity index (χ2v) is 4.17. The standard InChI is InChI=1S/C10H7NO5S/c12-8(13)5-11-9(14)7(17-10(11)15)4-6-2-1-3-16-6/h1-4H,5H2,(H,12,13)/b7-4+. The minimum absolute atomic E-state index is 0.159. The molecule has 0 unspecified atom stereocenters. The molecule has 0 radical (unpaired) electrons. The number of nitrogens with zero attached hydrogens (tertiary/aromatic N) is 1. The number of hydrogen-bond acceptors (Lipinski definition) is 5. The number of rotatable bonds is 3. The van der Waals surface area contributed by atoms with Crippen molar-refractivity contribution < 1.29 is 23.9 Å². The summed E-state index contributed by atoms with van der Waals surface area (Å²) < 4.78 is 5.01. The average molecular weight is 253 g/mol. The minimum atomic E-state index is -1.23. The lowest BCUT2D eigenvalue weighted by atomic mass is 10.3. The maximum absolute atomic E-state index is 11.7. The number of carbonyl (C=O) groups is 3. The van der Waals surface area contributed by atoms with Crippen molar-refractivity contribution in [3.8, 4) is 0 Å². The molecule has 0 aliphatic carbocycles. The maximum atomic E-state index is 11.7. The van der Waals surface area contributed by atoms with Gasteiger partial charge in [0.25, 0.3) is 11.1 Å². The van der Waals surface area contributed by atoms with Crippen molar-refractivity contribution in [1.29, 1.82) is 0 Å². The highest BCUT2D eigenvalue weighted by molar-refractivity contribution is 8.18. The van der Waals surface area contributed by atoms with Crippen LogP contribution >= 0.6 is 11.8 Å². The molecule has 17 heavy (non-hydrogen) atoms. The number of imide groups is 1. The van der Waals surface area contributed by atoms with Crippen LogP contribution in [-0.2, 0) is 9.59 Å². The summed E-state index contributed by atoms with van der Waals surface area (Å²) >= 11 is 0.697. The molecular formula is C10H7NO5S. The van der Waals surface area contributed by atoms with Gasteiger partial charge in [-0.2, -0.15) is 0 Å². The Morgan fingerprint density at radius 3 is 2.88 bits per heavy atom. The Kier molecular flexibility index (Phi) is 3.01. The zero-order chi connectivity index (χ0) is 12.4. The van der Waals surface area contributed by atoms with Crippen molar-refractivity contribution in [3.63, 3.8) is 0 Å². The highest BCUT2D eigenvalue weighted by Gasteiger charge is 2.36. The first-order valence-corrected chi connectivity index (χ1v) is 5.40. The summed E-state index contributed by atoms with van der Waals surface area (Å²) in [5.41, 5.74) is 0. The Labute approximate surface area is 99.9 Å². The van der Waals surface area contributed by atoms with Crippen LogP contribution in [0.25, 0.3) is 6.08 Å². The van der Waals surface area contributed by atoms with Crippen molar-refractivity contribution in [2.24, 2.45) is 0 Å². The molecule has 2 rings (SSSR count). The molecule has 1 fully saturated rings. The van der Waals surface area contributed by atoms with Crippen molar-refractivity contribution in [2.75, 3.05) is 6.54 Å². The number of hydrogen-bond donors (Lipinski definition) is 1. The molecule has 1 aromatic heterocycles. The Balaban J connectivity index is 2.21. The Bertz CT molecular complexity index is 505. The lowest BCUT2D eigenvalue weighted by Crippen LogP contribution is -2.33. The molecule has 1 N–H and O–H groups in total. The van der Waals surface area contributed by atoms with Crippen LogP contribution < -0.4 is 0 Å². The zero-order valence-corrected chi connectivity index (χ0v) is 9.27. The van der Waals surface area contributed by atoms with Crippen LogP contribution in [0.4, 0.5) is 4.79 Å². The van der Waals surface area contributed by atoms with Crippen LogP contribution in [0, 0.1) is 0 Å². The molecule has 88 valence electrons. The van der Waals surface area contributed by atoms with E-state index in [2.05, 4.69) is 0 Å².